The van der Waals surface area contributed by atoms with E-state index < -0.39 is 0 Å². The molecule has 0 aliphatic carbocycles. The number of hydrogen-bond acceptors (Lipinski definition) is 2. The molecule has 0 unspecified atom stereocenters. The van der Waals surface area contributed by atoms with Gasteiger partial charge in [-0.15, -0.1) is 0 Å². The quantitative estimate of drug-likeness (QED) is 0.495. The molecule has 0 rings (SSSR count). The van der Waals surface area contributed by atoms with E-state index in [1.165, 1.54) is 0 Å². The van der Waals surface area contributed by atoms with Crippen molar-refractivity contribution in [1.29, 1.82) is 0 Å². The lowest BCUT2D eigenvalue weighted by Gasteiger charge is -2.20. The van der Waals surface area contributed by atoms with Gasteiger partial charge in [-0.2, -0.15) is 0 Å². The monoisotopic (exact) mass is 210 g/mol. The summed E-state index contributed by atoms with van der Waals surface area (Å²) in [6.45, 7) is 8.22. The van der Waals surface area contributed by atoms with Gasteiger partial charge in [0.1, 0.15) is 6.61 Å². The molecule has 0 radical (unpaired) electrons. The summed E-state index contributed by atoms with van der Waals surface area (Å²) in [4.78, 5) is 11.6. The Kier molecular flexibility index (Phi) is 6.76. The van der Waals surface area contributed by atoms with E-state index in [1.807, 2.05) is 45.1 Å². The predicted molar refractivity (Wildman–Crippen MR) is 63.6 cm³/mol. The lowest BCUT2D eigenvalue weighted by Crippen LogP contribution is -2.26. The van der Waals surface area contributed by atoms with E-state index >= 15 is 0 Å². The van der Waals surface area contributed by atoms with Crippen LogP contribution in [-0.2, 0) is 9.53 Å². The highest BCUT2D eigenvalue weighted by Gasteiger charge is 2.27. The third-order valence-corrected chi connectivity index (χ3v) is 2.18. The second-order valence-electron chi connectivity index (χ2n) is 4.19. The van der Waals surface area contributed by atoms with Crippen molar-refractivity contribution in [2.75, 3.05) is 6.61 Å². The highest BCUT2D eigenvalue weighted by atomic mass is 16.5. The van der Waals surface area contributed by atoms with Gasteiger partial charge in [-0.25, -0.2) is 0 Å². The molecule has 15 heavy (non-hydrogen) atoms. The largest absolute Gasteiger partial charge is 0.461 e. The molecule has 0 atom stereocenters. The smallest absolute Gasteiger partial charge is 0.311 e. The maximum Gasteiger partial charge on any atom is 0.311 e. The zero-order chi connectivity index (χ0) is 11.7. The Morgan fingerprint density at radius 2 is 2.00 bits per heavy atom. The molecule has 0 aliphatic heterocycles. The van der Waals surface area contributed by atoms with Gasteiger partial charge in [-0.05, 0) is 33.3 Å². The van der Waals surface area contributed by atoms with Crippen LogP contribution >= 0.6 is 0 Å². The first-order chi connectivity index (χ1) is 7.04. The van der Waals surface area contributed by atoms with E-state index in [1.54, 1.807) is 0 Å². The summed E-state index contributed by atoms with van der Waals surface area (Å²) in [6, 6.07) is 0. The van der Waals surface area contributed by atoms with Gasteiger partial charge in [0.05, 0.1) is 5.41 Å². The van der Waals surface area contributed by atoms with Gasteiger partial charge in [0.2, 0.25) is 0 Å². The van der Waals surface area contributed by atoms with E-state index in [0.717, 1.165) is 12.8 Å². The van der Waals surface area contributed by atoms with Crippen LogP contribution in [0, 0.1) is 5.41 Å². The molecular formula is C13H22O2. The molecule has 0 amide bonds. The van der Waals surface area contributed by atoms with E-state index in [2.05, 4.69) is 6.92 Å². The van der Waals surface area contributed by atoms with Gasteiger partial charge in [-0.3, -0.25) is 4.79 Å². The Morgan fingerprint density at radius 1 is 1.33 bits per heavy atom. The fourth-order valence-corrected chi connectivity index (χ4v) is 1.29. The van der Waals surface area contributed by atoms with Crippen molar-refractivity contribution in [3.05, 3.63) is 24.3 Å². The zero-order valence-electron chi connectivity index (χ0n) is 10.2. The van der Waals surface area contributed by atoms with E-state index in [4.69, 9.17) is 4.74 Å². The van der Waals surface area contributed by atoms with Gasteiger partial charge in [0.25, 0.3) is 0 Å². The summed E-state index contributed by atoms with van der Waals surface area (Å²) in [6.07, 6.45) is 9.41. The summed E-state index contributed by atoms with van der Waals surface area (Å²) in [5, 5.41) is 0. The molecule has 0 aromatic rings. The lowest BCUT2D eigenvalue weighted by atomic mass is 9.88. The number of carbonyl (C=O) groups is 1. The second-order valence-corrected chi connectivity index (χ2v) is 4.19. The van der Waals surface area contributed by atoms with Crippen LogP contribution in [-0.4, -0.2) is 12.6 Å². The van der Waals surface area contributed by atoms with Crippen molar-refractivity contribution in [3.8, 4) is 0 Å². The van der Waals surface area contributed by atoms with Crippen LogP contribution in [0.2, 0.25) is 0 Å². The summed E-state index contributed by atoms with van der Waals surface area (Å²) in [5.41, 5.74) is -0.358. The number of carbonyl (C=O) groups excluding carboxylic acids is 1. The van der Waals surface area contributed by atoms with Crippen molar-refractivity contribution in [3.63, 3.8) is 0 Å². The van der Waals surface area contributed by atoms with Gasteiger partial charge in [0.15, 0.2) is 0 Å². The van der Waals surface area contributed by atoms with E-state index in [9.17, 15) is 4.79 Å². The first-order valence-corrected chi connectivity index (χ1v) is 5.49. The Balaban J connectivity index is 3.92. The fraction of sp³-hybridized carbons (Fsp3) is 0.615. The van der Waals surface area contributed by atoms with Crippen LogP contribution in [0.1, 0.15) is 40.5 Å². The maximum absolute atomic E-state index is 11.6. The first-order valence-electron chi connectivity index (χ1n) is 5.49. The van der Waals surface area contributed by atoms with Crippen LogP contribution in [0.15, 0.2) is 24.3 Å². The zero-order valence-corrected chi connectivity index (χ0v) is 10.2. The number of allylic oxidation sites excluding steroid dienone is 3. The van der Waals surface area contributed by atoms with E-state index in [0.29, 0.717) is 6.61 Å². The van der Waals surface area contributed by atoms with Crippen molar-refractivity contribution in [1.82, 2.24) is 0 Å². The molecule has 0 N–H and O–H groups in total. The molecule has 0 aliphatic rings. The molecule has 2 nitrogen and oxygen atoms in total. The van der Waals surface area contributed by atoms with Gasteiger partial charge >= 0.3 is 5.97 Å². The predicted octanol–water partition coefficient (Wildman–Crippen LogP) is 3.49. The van der Waals surface area contributed by atoms with Crippen LogP contribution < -0.4 is 0 Å². The Morgan fingerprint density at radius 3 is 2.53 bits per heavy atom. The van der Waals surface area contributed by atoms with Crippen LogP contribution in [0.25, 0.3) is 0 Å². The fourth-order valence-electron chi connectivity index (χ4n) is 1.29. The maximum atomic E-state index is 11.6. The normalized spacial score (nSPS) is 12.5. The summed E-state index contributed by atoms with van der Waals surface area (Å²) in [7, 11) is 0. The van der Waals surface area contributed by atoms with Crippen LogP contribution in [0.5, 0.6) is 0 Å². The molecule has 0 aromatic carbocycles. The highest BCUT2D eigenvalue weighted by molar-refractivity contribution is 5.75. The van der Waals surface area contributed by atoms with Crippen LogP contribution in [0.4, 0.5) is 0 Å². The summed E-state index contributed by atoms with van der Waals surface area (Å²) < 4.78 is 5.15. The lowest BCUT2D eigenvalue weighted by molar-refractivity contribution is -0.153. The molecule has 0 saturated heterocycles. The van der Waals surface area contributed by atoms with Crippen molar-refractivity contribution in [2.24, 2.45) is 5.41 Å². The van der Waals surface area contributed by atoms with Crippen molar-refractivity contribution in [2.45, 2.75) is 40.5 Å². The number of rotatable bonds is 6. The number of hydrogen-bond donors (Lipinski definition) is 0. The molecule has 0 spiro atoms. The van der Waals surface area contributed by atoms with Crippen molar-refractivity contribution >= 4 is 5.97 Å². The van der Waals surface area contributed by atoms with E-state index in [-0.39, 0.29) is 11.4 Å². The third-order valence-electron chi connectivity index (χ3n) is 2.18. The minimum atomic E-state index is -0.358. The van der Waals surface area contributed by atoms with Gasteiger partial charge in [-0.1, -0.05) is 31.6 Å². The minimum absolute atomic E-state index is 0.116. The molecule has 0 fully saturated rings. The minimum Gasteiger partial charge on any atom is -0.461 e. The average molecular weight is 210 g/mol. The van der Waals surface area contributed by atoms with Gasteiger partial charge in [0, 0.05) is 0 Å². The Bertz CT molecular complexity index is 237. The topological polar surface area (TPSA) is 26.3 Å². The van der Waals surface area contributed by atoms with Gasteiger partial charge < -0.3 is 4.74 Å². The highest BCUT2D eigenvalue weighted by Crippen LogP contribution is 2.23. The van der Waals surface area contributed by atoms with Crippen LogP contribution in [0.3, 0.4) is 0 Å². The standard InChI is InChI=1S/C13H22O2/c1-5-7-8-9-11-15-12(14)13(3,4)10-6-2/h5,7-9H,6,10-11H2,1-4H3. The van der Waals surface area contributed by atoms with Crippen molar-refractivity contribution < 1.29 is 9.53 Å². The number of esters is 1. The number of ether oxygens (including phenoxy) is 1. The average Bonchev–Trinajstić information content (AvgIpc) is 2.17. The SMILES string of the molecule is CC=CC=CCOC(=O)C(C)(C)CCC. The molecule has 2 heteroatoms. The third kappa shape index (κ3) is 6.10. The first kappa shape index (κ1) is 13.9. The summed E-state index contributed by atoms with van der Waals surface area (Å²) in [5.74, 6) is -0.116. The molecule has 0 aromatic heterocycles. The second kappa shape index (κ2) is 7.27. The molecular weight excluding hydrogens is 188 g/mol. The molecule has 0 saturated carbocycles. The molecule has 86 valence electrons. The Labute approximate surface area is 93.0 Å². The summed E-state index contributed by atoms with van der Waals surface area (Å²) >= 11 is 0. The molecule has 0 bridgehead atoms. The Hall–Kier alpha value is -1.05. The molecule has 0 heterocycles.